The number of hydrogen-bond acceptors (Lipinski definition) is 4. The van der Waals surface area contributed by atoms with E-state index in [0.29, 0.717) is 23.7 Å². The molecule has 1 aliphatic carbocycles. The standard InChI is InChI=1S/C23H21N3O2/c1-28-23(27)21(16-18-8-4-2-5-9-18)26-20(15-14-17-12-13-17)22(24-25-26)19-10-6-3-7-11-19/h2-11,17,21H,12-13,16H2,1H3/t21-/m0/s1. The van der Waals surface area contributed by atoms with Crippen LogP contribution in [0.25, 0.3) is 11.3 Å². The van der Waals surface area contributed by atoms with Crippen LogP contribution in [0.5, 0.6) is 0 Å². The van der Waals surface area contributed by atoms with E-state index in [1.807, 2.05) is 60.7 Å². The molecule has 4 rings (SSSR count). The molecule has 28 heavy (non-hydrogen) atoms. The maximum Gasteiger partial charge on any atom is 0.331 e. The minimum atomic E-state index is -0.624. The minimum absolute atomic E-state index is 0.358. The number of nitrogens with zero attached hydrogens (tertiary/aromatic N) is 3. The Bertz CT molecular complexity index is 1010. The number of carbonyl (C=O) groups excluding carboxylic acids is 1. The molecule has 5 heteroatoms. The Morgan fingerprint density at radius 2 is 1.82 bits per heavy atom. The maximum absolute atomic E-state index is 12.6. The van der Waals surface area contributed by atoms with Crippen LogP contribution in [0, 0.1) is 17.8 Å². The Morgan fingerprint density at radius 3 is 2.46 bits per heavy atom. The summed E-state index contributed by atoms with van der Waals surface area (Å²) in [5.74, 6) is 6.60. The second-order valence-electron chi connectivity index (χ2n) is 6.87. The normalized spacial score (nSPS) is 14.0. The first-order valence-electron chi connectivity index (χ1n) is 9.40. The Hall–Kier alpha value is -3.39. The molecule has 1 aromatic heterocycles. The lowest BCUT2D eigenvalue weighted by molar-refractivity contribution is -0.145. The fourth-order valence-corrected chi connectivity index (χ4v) is 3.06. The fourth-order valence-electron chi connectivity index (χ4n) is 3.06. The molecule has 0 unspecified atom stereocenters. The number of rotatable bonds is 5. The molecule has 0 spiro atoms. The minimum Gasteiger partial charge on any atom is -0.467 e. The Balaban J connectivity index is 1.78. The highest BCUT2D eigenvalue weighted by atomic mass is 16.5. The summed E-state index contributed by atoms with van der Waals surface area (Å²) in [7, 11) is 1.39. The number of carbonyl (C=O) groups is 1. The van der Waals surface area contributed by atoms with Crippen LogP contribution in [0.4, 0.5) is 0 Å². The quantitative estimate of drug-likeness (QED) is 0.507. The molecule has 3 aromatic rings. The largest absolute Gasteiger partial charge is 0.467 e. The van der Waals surface area contributed by atoms with Gasteiger partial charge in [-0.25, -0.2) is 9.48 Å². The van der Waals surface area contributed by atoms with E-state index in [0.717, 1.165) is 24.0 Å². The first kappa shape index (κ1) is 18.0. The first-order valence-corrected chi connectivity index (χ1v) is 9.40. The zero-order valence-corrected chi connectivity index (χ0v) is 15.7. The predicted molar refractivity (Wildman–Crippen MR) is 106 cm³/mol. The van der Waals surface area contributed by atoms with Gasteiger partial charge < -0.3 is 4.74 Å². The second kappa shape index (κ2) is 8.10. The van der Waals surface area contributed by atoms with Crippen molar-refractivity contribution in [3.63, 3.8) is 0 Å². The zero-order valence-electron chi connectivity index (χ0n) is 15.7. The van der Waals surface area contributed by atoms with Crippen molar-refractivity contribution in [2.75, 3.05) is 7.11 Å². The third-order valence-corrected chi connectivity index (χ3v) is 4.75. The predicted octanol–water partition coefficient (Wildman–Crippen LogP) is 3.66. The molecule has 1 heterocycles. The van der Waals surface area contributed by atoms with Crippen molar-refractivity contribution in [3.05, 3.63) is 71.9 Å². The Morgan fingerprint density at radius 1 is 1.14 bits per heavy atom. The highest BCUT2D eigenvalue weighted by Gasteiger charge is 2.28. The first-order chi connectivity index (χ1) is 13.8. The molecule has 0 saturated heterocycles. The third-order valence-electron chi connectivity index (χ3n) is 4.75. The van der Waals surface area contributed by atoms with Crippen LogP contribution in [-0.4, -0.2) is 28.1 Å². The zero-order chi connectivity index (χ0) is 19.3. The molecule has 5 nitrogen and oxygen atoms in total. The van der Waals surface area contributed by atoms with Crippen LogP contribution in [0.15, 0.2) is 60.7 Å². The number of hydrogen-bond donors (Lipinski definition) is 0. The molecule has 0 radical (unpaired) electrons. The van der Waals surface area contributed by atoms with Gasteiger partial charge in [-0.3, -0.25) is 0 Å². The molecule has 2 aromatic carbocycles. The summed E-state index contributed by atoms with van der Waals surface area (Å²) in [6.07, 6.45) is 2.71. The summed E-state index contributed by atoms with van der Waals surface area (Å²) in [6, 6.07) is 19.0. The molecule has 1 fully saturated rings. The van der Waals surface area contributed by atoms with Gasteiger partial charge in [0.25, 0.3) is 0 Å². The SMILES string of the molecule is COC(=O)[C@H](Cc1ccccc1)n1nnc(-c2ccccc2)c1C#CC1CC1. The molecule has 0 amide bonds. The van der Waals surface area contributed by atoms with Gasteiger partial charge in [-0.05, 0) is 24.3 Å². The summed E-state index contributed by atoms with van der Waals surface area (Å²) >= 11 is 0. The summed E-state index contributed by atoms with van der Waals surface area (Å²) in [4.78, 5) is 12.6. The molecule has 1 aliphatic rings. The molecular weight excluding hydrogens is 350 g/mol. The summed E-state index contributed by atoms with van der Waals surface area (Å²) < 4.78 is 6.69. The van der Waals surface area contributed by atoms with E-state index in [1.54, 1.807) is 4.68 Å². The van der Waals surface area contributed by atoms with Crippen LogP contribution in [0.3, 0.4) is 0 Å². The van der Waals surface area contributed by atoms with Crippen LogP contribution >= 0.6 is 0 Å². The van der Waals surface area contributed by atoms with Gasteiger partial charge in [0.15, 0.2) is 6.04 Å². The fraction of sp³-hybridized carbons (Fsp3) is 0.261. The van der Waals surface area contributed by atoms with Crippen molar-refractivity contribution in [1.29, 1.82) is 0 Å². The van der Waals surface area contributed by atoms with Gasteiger partial charge >= 0.3 is 5.97 Å². The van der Waals surface area contributed by atoms with Crippen LogP contribution < -0.4 is 0 Å². The van der Waals surface area contributed by atoms with Gasteiger partial charge in [-0.2, -0.15) is 0 Å². The maximum atomic E-state index is 12.6. The van der Waals surface area contributed by atoms with E-state index in [-0.39, 0.29) is 5.97 Å². The lowest BCUT2D eigenvalue weighted by Crippen LogP contribution is -2.25. The smallest absolute Gasteiger partial charge is 0.331 e. The summed E-state index contributed by atoms with van der Waals surface area (Å²) in [5.41, 5.74) is 3.30. The molecular formula is C23H21N3O2. The van der Waals surface area contributed by atoms with Gasteiger partial charge in [0.1, 0.15) is 11.4 Å². The lowest BCUT2D eigenvalue weighted by Gasteiger charge is -2.16. The average molecular weight is 371 g/mol. The summed E-state index contributed by atoms with van der Waals surface area (Å²) in [6.45, 7) is 0. The van der Waals surface area contributed by atoms with E-state index < -0.39 is 6.04 Å². The molecule has 0 N–H and O–H groups in total. The van der Waals surface area contributed by atoms with Crippen molar-refractivity contribution >= 4 is 5.97 Å². The molecule has 0 bridgehead atoms. The molecule has 1 saturated carbocycles. The van der Waals surface area contributed by atoms with Crippen molar-refractivity contribution < 1.29 is 9.53 Å². The van der Waals surface area contributed by atoms with Crippen LogP contribution in [-0.2, 0) is 16.0 Å². The highest BCUT2D eigenvalue weighted by molar-refractivity contribution is 5.75. The number of aromatic nitrogens is 3. The van der Waals surface area contributed by atoms with Gasteiger partial charge in [-0.15, -0.1) is 5.10 Å². The van der Waals surface area contributed by atoms with Crippen molar-refractivity contribution in [2.45, 2.75) is 25.3 Å². The Kier molecular flexibility index (Phi) is 5.20. The molecule has 140 valence electrons. The van der Waals surface area contributed by atoms with Crippen molar-refractivity contribution in [1.82, 2.24) is 15.0 Å². The van der Waals surface area contributed by atoms with Gasteiger partial charge in [0.05, 0.1) is 7.11 Å². The number of esters is 1. The van der Waals surface area contributed by atoms with E-state index >= 15 is 0 Å². The van der Waals surface area contributed by atoms with Gasteiger partial charge in [-0.1, -0.05) is 71.8 Å². The monoisotopic (exact) mass is 371 g/mol. The highest BCUT2D eigenvalue weighted by Crippen LogP contribution is 2.29. The average Bonchev–Trinajstić information content (AvgIpc) is 3.49. The van der Waals surface area contributed by atoms with Gasteiger partial charge in [0, 0.05) is 17.9 Å². The number of methoxy groups -OCH3 is 1. The third kappa shape index (κ3) is 3.96. The lowest BCUT2D eigenvalue weighted by atomic mass is 10.0. The summed E-state index contributed by atoms with van der Waals surface area (Å²) in [5, 5.41) is 8.69. The number of ether oxygens (including phenoxy) is 1. The Labute approximate surface area is 164 Å². The number of benzene rings is 2. The van der Waals surface area contributed by atoms with E-state index in [1.165, 1.54) is 7.11 Å². The van der Waals surface area contributed by atoms with Crippen molar-refractivity contribution in [3.8, 4) is 23.1 Å². The van der Waals surface area contributed by atoms with E-state index in [4.69, 9.17) is 4.74 Å². The topological polar surface area (TPSA) is 57.0 Å². The van der Waals surface area contributed by atoms with Gasteiger partial charge in [0.2, 0.25) is 0 Å². The molecule has 1 atom stereocenters. The molecule has 0 aliphatic heterocycles. The van der Waals surface area contributed by atoms with Crippen LogP contribution in [0.1, 0.15) is 30.1 Å². The van der Waals surface area contributed by atoms with Crippen molar-refractivity contribution in [2.24, 2.45) is 5.92 Å². The van der Waals surface area contributed by atoms with E-state index in [9.17, 15) is 4.79 Å². The van der Waals surface area contributed by atoms with Crippen LogP contribution in [0.2, 0.25) is 0 Å². The van der Waals surface area contributed by atoms with E-state index in [2.05, 4.69) is 22.2 Å². The second-order valence-corrected chi connectivity index (χ2v) is 6.87.